The van der Waals surface area contributed by atoms with E-state index in [1.54, 1.807) is 0 Å². The average Bonchev–Trinajstić information content (AvgIpc) is 2.38. The Kier molecular flexibility index (Phi) is 5.03. The maximum Gasteiger partial charge on any atom is 0.0441 e. The first-order valence-corrected chi connectivity index (χ1v) is 7.45. The lowest BCUT2D eigenvalue weighted by Gasteiger charge is -2.18. The van der Waals surface area contributed by atoms with E-state index in [1.165, 1.54) is 16.7 Å². The molecule has 2 aromatic carbocycles. The second kappa shape index (κ2) is 6.56. The van der Waals surface area contributed by atoms with Gasteiger partial charge in [0.15, 0.2) is 0 Å². The number of hydrogen-bond acceptors (Lipinski definition) is 1. The number of likely N-dealkylation sites (N-methyl/N-ethyl adjacent to an activating group) is 1. The zero-order valence-corrected chi connectivity index (χ0v) is 13.4. The minimum absolute atomic E-state index is 0.262. The van der Waals surface area contributed by atoms with Gasteiger partial charge in [0, 0.05) is 15.5 Å². The normalized spacial score (nSPS) is 12.4. The van der Waals surface area contributed by atoms with Crippen molar-refractivity contribution < 1.29 is 0 Å². The monoisotopic (exact) mass is 337 g/mol. The van der Waals surface area contributed by atoms with Gasteiger partial charge in [-0.3, -0.25) is 0 Å². The Hall–Kier alpha value is -0.830. The molecule has 3 heteroatoms. The van der Waals surface area contributed by atoms with E-state index in [0.29, 0.717) is 0 Å². The third-order valence-corrected chi connectivity index (χ3v) is 4.08. The van der Waals surface area contributed by atoms with Gasteiger partial charge in [-0.2, -0.15) is 0 Å². The van der Waals surface area contributed by atoms with Gasteiger partial charge in [0.2, 0.25) is 0 Å². The Labute approximate surface area is 128 Å². The summed E-state index contributed by atoms with van der Waals surface area (Å²) < 4.78 is 1.10. The van der Waals surface area contributed by atoms with Crippen molar-refractivity contribution >= 4 is 27.5 Å². The van der Waals surface area contributed by atoms with Crippen molar-refractivity contribution in [3.63, 3.8) is 0 Å². The van der Waals surface area contributed by atoms with E-state index in [1.807, 2.05) is 19.2 Å². The minimum Gasteiger partial charge on any atom is -0.313 e. The number of benzene rings is 2. The topological polar surface area (TPSA) is 12.0 Å². The minimum atomic E-state index is 0.262. The zero-order valence-electron chi connectivity index (χ0n) is 11.1. The molecule has 1 nitrogen and oxygen atoms in total. The van der Waals surface area contributed by atoms with Crippen molar-refractivity contribution in [2.24, 2.45) is 0 Å². The first-order valence-electron chi connectivity index (χ1n) is 6.28. The second-order valence-corrected chi connectivity index (χ2v) is 6.02. The van der Waals surface area contributed by atoms with Crippen molar-refractivity contribution in [3.05, 3.63) is 68.7 Å². The Morgan fingerprint density at radius 2 is 2.00 bits per heavy atom. The Morgan fingerprint density at radius 3 is 2.63 bits per heavy atom. The van der Waals surface area contributed by atoms with Crippen LogP contribution in [0.3, 0.4) is 0 Å². The van der Waals surface area contributed by atoms with E-state index < -0.39 is 0 Å². The standard InChI is InChI=1S/C16H17BrClN/c1-11-6-7-12(15(18)8-11)10-16(19-2)13-4-3-5-14(17)9-13/h3-9,16,19H,10H2,1-2H3. The molecule has 2 rings (SSSR count). The van der Waals surface area contributed by atoms with Crippen LogP contribution in [0.25, 0.3) is 0 Å². The predicted molar refractivity (Wildman–Crippen MR) is 85.8 cm³/mol. The molecule has 1 unspecified atom stereocenters. The van der Waals surface area contributed by atoms with Crippen molar-refractivity contribution in [2.45, 2.75) is 19.4 Å². The van der Waals surface area contributed by atoms with Crippen LogP contribution in [0, 0.1) is 6.92 Å². The molecule has 0 aliphatic heterocycles. The molecule has 0 saturated heterocycles. The highest BCUT2D eigenvalue weighted by Crippen LogP contribution is 2.25. The highest BCUT2D eigenvalue weighted by Gasteiger charge is 2.12. The van der Waals surface area contributed by atoms with E-state index >= 15 is 0 Å². The molecular formula is C16H17BrClN. The SMILES string of the molecule is CNC(Cc1ccc(C)cc1Cl)c1cccc(Br)c1. The Bertz CT molecular complexity index is 568. The van der Waals surface area contributed by atoms with Gasteiger partial charge >= 0.3 is 0 Å². The molecule has 0 fully saturated rings. The lowest BCUT2D eigenvalue weighted by molar-refractivity contribution is 0.592. The molecule has 0 bridgehead atoms. The van der Waals surface area contributed by atoms with E-state index in [0.717, 1.165) is 15.9 Å². The van der Waals surface area contributed by atoms with Crippen LogP contribution in [0.15, 0.2) is 46.9 Å². The highest BCUT2D eigenvalue weighted by atomic mass is 79.9. The molecule has 0 aliphatic carbocycles. The van der Waals surface area contributed by atoms with E-state index in [-0.39, 0.29) is 6.04 Å². The highest BCUT2D eigenvalue weighted by molar-refractivity contribution is 9.10. The van der Waals surface area contributed by atoms with Crippen molar-refractivity contribution in [3.8, 4) is 0 Å². The van der Waals surface area contributed by atoms with Crippen LogP contribution in [0.2, 0.25) is 5.02 Å². The maximum atomic E-state index is 6.31. The van der Waals surface area contributed by atoms with Crippen LogP contribution in [0.1, 0.15) is 22.7 Å². The molecule has 0 amide bonds. The molecular weight excluding hydrogens is 322 g/mol. The van der Waals surface area contributed by atoms with Crippen LogP contribution in [-0.2, 0) is 6.42 Å². The summed E-state index contributed by atoms with van der Waals surface area (Å²) in [5.41, 5.74) is 3.62. The molecule has 0 spiro atoms. The van der Waals surface area contributed by atoms with Gasteiger partial charge in [0.05, 0.1) is 0 Å². The van der Waals surface area contributed by atoms with Gasteiger partial charge in [-0.25, -0.2) is 0 Å². The number of rotatable bonds is 4. The molecule has 1 atom stereocenters. The molecule has 0 heterocycles. The molecule has 100 valence electrons. The lowest BCUT2D eigenvalue weighted by atomic mass is 9.98. The second-order valence-electron chi connectivity index (χ2n) is 4.70. The summed E-state index contributed by atoms with van der Waals surface area (Å²) in [6, 6.07) is 14.9. The summed E-state index contributed by atoms with van der Waals surface area (Å²) in [6.45, 7) is 2.06. The molecule has 0 saturated carbocycles. The Morgan fingerprint density at radius 1 is 1.21 bits per heavy atom. The lowest BCUT2D eigenvalue weighted by Crippen LogP contribution is -2.19. The molecule has 0 aromatic heterocycles. The smallest absolute Gasteiger partial charge is 0.0441 e. The van der Waals surface area contributed by atoms with E-state index in [4.69, 9.17) is 11.6 Å². The molecule has 1 N–H and O–H groups in total. The van der Waals surface area contributed by atoms with Gasteiger partial charge in [0.1, 0.15) is 0 Å². The predicted octanol–water partition coefficient (Wildman–Crippen LogP) is 4.91. The number of halogens is 2. The Balaban J connectivity index is 2.24. The van der Waals surface area contributed by atoms with Crippen LogP contribution in [0.4, 0.5) is 0 Å². The molecule has 0 aliphatic rings. The number of aryl methyl sites for hydroxylation is 1. The van der Waals surface area contributed by atoms with Crippen molar-refractivity contribution in [1.29, 1.82) is 0 Å². The fourth-order valence-corrected chi connectivity index (χ4v) is 2.88. The quantitative estimate of drug-likeness (QED) is 0.835. The van der Waals surface area contributed by atoms with Crippen LogP contribution >= 0.6 is 27.5 Å². The first-order chi connectivity index (χ1) is 9.10. The van der Waals surface area contributed by atoms with Crippen LogP contribution in [0.5, 0.6) is 0 Å². The number of hydrogen-bond donors (Lipinski definition) is 1. The fourth-order valence-electron chi connectivity index (χ4n) is 2.15. The first kappa shape index (κ1) is 14.6. The summed E-state index contributed by atoms with van der Waals surface area (Å²) >= 11 is 9.83. The molecule has 19 heavy (non-hydrogen) atoms. The summed E-state index contributed by atoms with van der Waals surface area (Å²) in [7, 11) is 1.98. The summed E-state index contributed by atoms with van der Waals surface area (Å²) in [6.07, 6.45) is 0.881. The maximum absolute atomic E-state index is 6.31. The van der Waals surface area contributed by atoms with Gasteiger partial charge in [0.25, 0.3) is 0 Å². The van der Waals surface area contributed by atoms with Gasteiger partial charge < -0.3 is 5.32 Å². The van der Waals surface area contributed by atoms with Crippen LogP contribution < -0.4 is 5.32 Å². The van der Waals surface area contributed by atoms with Gasteiger partial charge in [-0.05, 0) is 55.3 Å². The third kappa shape index (κ3) is 3.82. The van der Waals surface area contributed by atoms with E-state index in [9.17, 15) is 0 Å². The summed E-state index contributed by atoms with van der Waals surface area (Å²) in [5, 5.41) is 4.20. The third-order valence-electron chi connectivity index (χ3n) is 3.23. The number of nitrogens with one attached hydrogen (secondary N) is 1. The summed E-state index contributed by atoms with van der Waals surface area (Å²) in [5.74, 6) is 0. The summed E-state index contributed by atoms with van der Waals surface area (Å²) in [4.78, 5) is 0. The van der Waals surface area contributed by atoms with Crippen LogP contribution in [-0.4, -0.2) is 7.05 Å². The van der Waals surface area contributed by atoms with Gasteiger partial charge in [-0.1, -0.05) is 51.8 Å². The largest absolute Gasteiger partial charge is 0.313 e. The molecule has 2 aromatic rings. The zero-order chi connectivity index (χ0) is 13.8. The van der Waals surface area contributed by atoms with Gasteiger partial charge in [-0.15, -0.1) is 0 Å². The molecule has 0 radical (unpaired) electrons. The van der Waals surface area contributed by atoms with E-state index in [2.05, 4.69) is 58.5 Å². The van der Waals surface area contributed by atoms with Crippen molar-refractivity contribution in [1.82, 2.24) is 5.32 Å². The average molecular weight is 339 g/mol. The fraction of sp³-hybridized carbons (Fsp3) is 0.250. The van der Waals surface area contributed by atoms with Crippen molar-refractivity contribution in [2.75, 3.05) is 7.05 Å².